The molecule has 0 bridgehead atoms. The van der Waals surface area contributed by atoms with E-state index in [1.54, 1.807) is 45.1 Å². The van der Waals surface area contributed by atoms with Gasteiger partial charge in [0.25, 0.3) is 5.56 Å². The number of pyridine rings is 1. The van der Waals surface area contributed by atoms with Crippen LogP contribution in [0.15, 0.2) is 59.0 Å². The van der Waals surface area contributed by atoms with Crippen molar-refractivity contribution in [3.8, 4) is 11.1 Å². The second-order valence-corrected chi connectivity index (χ2v) is 9.08. The lowest BCUT2D eigenvalue weighted by molar-refractivity contribution is 0.0687. The Hall–Kier alpha value is -4.79. The Balaban J connectivity index is 1.86. The number of aromatic nitrogens is 2. The van der Waals surface area contributed by atoms with Crippen LogP contribution in [-0.4, -0.2) is 26.5 Å². The highest BCUT2D eigenvalue weighted by Gasteiger charge is 2.29. The van der Waals surface area contributed by atoms with Gasteiger partial charge in [0.05, 0.1) is 17.7 Å². The van der Waals surface area contributed by atoms with Crippen molar-refractivity contribution in [2.24, 2.45) is 4.99 Å². The second-order valence-electron chi connectivity index (χ2n) is 9.08. The maximum Gasteiger partial charge on any atom is 0.353 e. The van der Waals surface area contributed by atoms with Crippen molar-refractivity contribution in [3.63, 3.8) is 0 Å². The van der Waals surface area contributed by atoms with E-state index in [4.69, 9.17) is 0 Å². The molecule has 38 heavy (non-hydrogen) atoms. The Morgan fingerprint density at radius 1 is 1.18 bits per heavy atom. The molecule has 3 N–H and O–H groups in total. The highest BCUT2D eigenvalue weighted by atomic mass is 19.1. The van der Waals surface area contributed by atoms with Crippen molar-refractivity contribution in [1.82, 2.24) is 14.9 Å². The number of allylic oxidation sites excluding steroid dienone is 1. The molecule has 0 amide bonds. The zero-order valence-corrected chi connectivity index (χ0v) is 20.9. The number of aliphatic imine (C=N–C) groups is 1. The first-order valence-electron chi connectivity index (χ1n) is 11.9. The van der Waals surface area contributed by atoms with Crippen LogP contribution in [0.1, 0.15) is 46.6 Å². The highest BCUT2D eigenvalue weighted by Crippen LogP contribution is 2.39. The minimum absolute atomic E-state index is 0.114. The summed E-state index contributed by atoms with van der Waals surface area (Å²) in [5, 5.41) is 13.8. The molecule has 0 atom stereocenters. The molecule has 0 radical (unpaired) electrons. The van der Waals surface area contributed by atoms with Gasteiger partial charge < -0.3 is 20.0 Å². The molecule has 7 nitrogen and oxygen atoms in total. The predicted octanol–water partition coefficient (Wildman–Crippen LogP) is 5.99. The molecule has 0 spiro atoms. The van der Waals surface area contributed by atoms with E-state index < -0.39 is 23.2 Å². The number of rotatable bonds is 5. The summed E-state index contributed by atoms with van der Waals surface area (Å²) in [6.07, 6.45) is 4.71. The largest absolute Gasteiger partial charge is 0.477 e. The number of fused-ring (bicyclic) bond motifs is 2. The molecule has 9 heteroatoms. The fourth-order valence-corrected chi connectivity index (χ4v) is 5.04. The fourth-order valence-electron chi connectivity index (χ4n) is 5.04. The zero-order valence-electron chi connectivity index (χ0n) is 20.9. The number of nitrogens with one attached hydrogen (secondary N) is 2. The van der Waals surface area contributed by atoms with E-state index in [-0.39, 0.29) is 40.0 Å². The second kappa shape index (κ2) is 9.26. The Labute approximate surface area is 216 Å². The first-order chi connectivity index (χ1) is 18.1. The number of amidine groups is 1. The molecule has 4 aromatic rings. The van der Waals surface area contributed by atoms with Crippen LogP contribution >= 0.6 is 0 Å². The van der Waals surface area contributed by atoms with Crippen LogP contribution in [0.25, 0.3) is 33.8 Å². The molecule has 192 valence electrons. The quantitative estimate of drug-likeness (QED) is 0.305. The number of hydrogen-bond acceptors (Lipinski definition) is 4. The summed E-state index contributed by atoms with van der Waals surface area (Å²) in [6.45, 7) is 8.89. The van der Waals surface area contributed by atoms with Gasteiger partial charge in [-0.3, -0.25) is 4.79 Å². The van der Waals surface area contributed by atoms with E-state index >= 15 is 8.78 Å². The summed E-state index contributed by atoms with van der Waals surface area (Å²) < 4.78 is 32.0. The van der Waals surface area contributed by atoms with E-state index in [1.165, 1.54) is 29.0 Å². The van der Waals surface area contributed by atoms with Gasteiger partial charge in [0.2, 0.25) is 0 Å². The number of carboxylic acids is 1. The van der Waals surface area contributed by atoms with Gasteiger partial charge in [-0.1, -0.05) is 18.7 Å². The number of H-pyrrole nitrogens is 1. The topological polar surface area (TPSA) is 99.5 Å². The third-order valence-corrected chi connectivity index (χ3v) is 6.67. The standard InChI is InChI=1S/C29H24F2N4O3/c1-5-7-18-14(2)25-24(12-22(18)31)35(27(29(37)38)26(25)19-8-6-9-32-28(19)36)13-17-10-20-15(3)33-16(4)34-23(20)11-21(17)30/h5-12H,3,13H2,1-2,4H3,(H,32,36)(H,33,34)(H,37,38)/b7-5-. The summed E-state index contributed by atoms with van der Waals surface area (Å²) >= 11 is 0. The molecular weight excluding hydrogens is 490 g/mol. The lowest BCUT2D eigenvalue weighted by Gasteiger charge is -2.20. The number of hydrogen-bond donors (Lipinski definition) is 3. The Morgan fingerprint density at radius 2 is 1.95 bits per heavy atom. The number of aromatic amines is 1. The van der Waals surface area contributed by atoms with E-state index in [9.17, 15) is 14.7 Å². The highest BCUT2D eigenvalue weighted by molar-refractivity contribution is 6.10. The summed E-state index contributed by atoms with van der Waals surface area (Å²) in [5.41, 5.74) is 2.13. The van der Waals surface area contributed by atoms with E-state index in [0.717, 1.165) is 0 Å². The van der Waals surface area contributed by atoms with Crippen LogP contribution in [0.5, 0.6) is 0 Å². The minimum atomic E-state index is -1.34. The third kappa shape index (κ3) is 3.92. The molecule has 3 heterocycles. The van der Waals surface area contributed by atoms with Gasteiger partial charge >= 0.3 is 5.97 Å². The lowest BCUT2D eigenvalue weighted by Crippen LogP contribution is -2.21. The Morgan fingerprint density at radius 3 is 2.63 bits per heavy atom. The lowest BCUT2D eigenvalue weighted by atomic mass is 9.96. The molecule has 0 saturated carbocycles. The molecule has 1 aliphatic rings. The van der Waals surface area contributed by atoms with Crippen LogP contribution in [0.2, 0.25) is 0 Å². The number of aryl methyl sites for hydroxylation is 1. The van der Waals surface area contributed by atoms with E-state index in [1.807, 2.05) is 0 Å². The summed E-state index contributed by atoms with van der Waals surface area (Å²) in [5.74, 6) is -1.93. The molecule has 2 aromatic carbocycles. The maximum atomic E-state index is 15.3. The molecular formula is C29H24F2N4O3. The SMILES string of the molecule is C=C1NC(C)=Nc2cc(F)c(Cn3c(C(=O)O)c(-c4ccc[nH]c4=O)c4c(C)c(/C=C\C)c(F)cc43)cc21. The van der Waals surface area contributed by atoms with Crippen LogP contribution < -0.4 is 10.9 Å². The van der Waals surface area contributed by atoms with Gasteiger partial charge in [-0.05, 0) is 50.6 Å². The van der Waals surface area contributed by atoms with Crippen molar-refractivity contribution >= 4 is 40.2 Å². The predicted molar refractivity (Wildman–Crippen MR) is 145 cm³/mol. The molecule has 1 aliphatic heterocycles. The van der Waals surface area contributed by atoms with Gasteiger partial charge in [-0.2, -0.15) is 0 Å². The maximum absolute atomic E-state index is 15.3. The number of benzene rings is 2. The van der Waals surface area contributed by atoms with Crippen LogP contribution in [-0.2, 0) is 6.54 Å². The number of carboxylic acid groups (broad SMARTS) is 1. The first kappa shape index (κ1) is 24.9. The third-order valence-electron chi connectivity index (χ3n) is 6.67. The average molecular weight is 515 g/mol. The summed E-state index contributed by atoms with van der Waals surface area (Å²) in [4.78, 5) is 32.5. The van der Waals surface area contributed by atoms with Crippen molar-refractivity contribution < 1.29 is 18.7 Å². The van der Waals surface area contributed by atoms with Crippen LogP contribution in [0, 0.1) is 18.6 Å². The number of nitrogens with zero attached hydrogens (tertiary/aromatic N) is 2. The fraction of sp³-hybridized carbons (Fsp3) is 0.138. The van der Waals surface area contributed by atoms with Crippen LogP contribution in [0.3, 0.4) is 0 Å². The van der Waals surface area contributed by atoms with Crippen LogP contribution in [0.4, 0.5) is 14.5 Å². The van der Waals surface area contributed by atoms with Gasteiger partial charge in [0.1, 0.15) is 23.2 Å². The molecule has 5 rings (SSSR count). The Bertz CT molecular complexity index is 1790. The monoisotopic (exact) mass is 514 g/mol. The van der Waals surface area contributed by atoms with E-state index in [2.05, 4.69) is 21.9 Å². The number of halogens is 2. The van der Waals surface area contributed by atoms with Gasteiger partial charge in [-0.15, -0.1) is 0 Å². The minimum Gasteiger partial charge on any atom is -0.477 e. The van der Waals surface area contributed by atoms with Gasteiger partial charge in [0.15, 0.2) is 0 Å². The normalized spacial score (nSPS) is 13.1. The molecule has 0 fully saturated rings. The van der Waals surface area contributed by atoms with Crippen molar-refractivity contribution in [1.29, 1.82) is 0 Å². The summed E-state index contributed by atoms with van der Waals surface area (Å²) in [7, 11) is 0. The van der Waals surface area contributed by atoms with Crippen molar-refractivity contribution in [3.05, 3.63) is 99.1 Å². The number of aromatic carboxylic acids is 1. The molecule has 0 aliphatic carbocycles. The van der Waals surface area contributed by atoms with Gasteiger partial charge in [-0.25, -0.2) is 18.6 Å². The molecule has 0 saturated heterocycles. The smallest absolute Gasteiger partial charge is 0.353 e. The van der Waals surface area contributed by atoms with E-state index in [0.29, 0.717) is 33.7 Å². The zero-order chi connectivity index (χ0) is 27.3. The molecule has 0 unspecified atom stereocenters. The van der Waals surface area contributed by atoms with Crippen molar-refractivity contribution in [2.75, 3.05) is 0 Å². The van der Waals surface area contributed by atoms with Crippen molar-refractivity contribution in [2.45, 2.75) is 27.3 Å². The average Bonchev–Trinajstić information content (AvgIpc) is 3.16. The number of carbonyl (C=O) groups is 1. The first-order valence-corrected chi connectivity index (χ1v) is 11.9. The Kier molecular flexibility index (Phi) is 6.06. The summed E-state index contributed by atoms with van der Waals surface area (Å²) in [6, 6.07) is 7.15. The molecule has 2 aromatic heterocycles. The van der Waals surface area contributed by atoms with Gasteiger partial charge in [0, 0.05) is 51.2 Å².